The molecule has 1 aliphatic rings. The third kappa shape index (κ3) is 4.64. The fourth-order valence-corrected chi connectivity index (χ4v) is 4.26. The van der Waals surface area contributed by atoms with Crippen LogP contribution in [-0.4, -0.2) is 21.0 Å². The molecule has 0 atom stereocenters. The Hall–Kier alpha value is -2.74. The molecule has 0 spiro atoms. The number of benzene rings is 1. The van der Waals surface area contributed by atoms with Gasteiger partial charge in [-0.3, -0.25) is 4.79 Å². The average molecular weight is 413 g/mol. The van der Waals surface area contributed by atoms with Crippen LogP contribution in [0.2, 0.25) is 0 Å². The zero-order chi connectivity index (χ0) is 20.1. The molecular weight excluding hydrogens is 388 g/mol. The summed E-state index contributed by atoms with van der Waals surface area (Å²) < 4.78 is 11.0. The molecule has 2 aromatic heterocycles. The number of hydrogen-bond donors (Lipinski definition) is 1. The largest absolute Gasteiger partial charge is 0.487 e. The minimum Gasteiger partial charge on any atom is -0.487 e. The standard InChI is InChI=1S/C21H24N4O3S/c1-15-23-20(25-28-15)21(9-4-2-3-5-10-21)24-19(26)16-7-6-8-18(11-16)27-12-17-13-29-14-22-17/h6-8,11,13-14H,2-5,9-10,12H2,1H3,(H,24,26). The predicted molar refractivity (Wildman–Crippen MR) is 109 cm³/mol. The first-order chi connectivity index (χ1) is 14.1. The lowest BCUT2D eigenvalue weighted by Crippen LogP contribution is -2.46. The molecule has 0 saturated heterocycles. The summed E-state index contributed by atoms with van der Waals surface area (Å²) in [5.41, 5.74) is 2.59. The van der Waals surface area contributed by atoms with E-state index in [9.17, 15) is 4.79 Å². The molecule has 1 fully saturated rings. The first-order valence-electron chi connectivity index (χ1n) is 9.88. The molecule has 2 heterocycles. The normalized spacial score (nSPS) is 16.2. The molecule has 0 aliphatic heterocycles. The van der Waals surface area contributed by atoms with Crippen molar-refractivity contribution < 1.29 is 14.1 Å². The molecule has 152 valence electrons. The Morgan fingerprint density at radius 1 is 1.28 bits per heavy atom. The van der Waals surface area contributed by atoms with Gasteiger partial charge in [0, 0.05) is 17.9 Å². The lowest BCUT2D eigenvalue weighted by molar-refractivity contribution is 0.0876. The van der Waals surface area contributed by atoms with E-state index in [0.29, 0.717) is 29.6 Å². The second-order valence-corrected chi connectivity index (χ2v) is 8.10. The van der Waals surface area contributed by atoms with Gasteiger partial charge in [0.05, 0.1) is 11.2 Å². The number of hydrogen-bond acceptors (Lipinski definition) is 7. The molecule has 0 unspecified atom stereocenters. The Morgan fingerprint density at radius 3 is 2.79 bits per heavy atom. The predicted octanol–water partition coefficient (Wildman–Crippen LogP) is 4.39. The second-order valence-electron chi connectivity index (χ2n) is 7.38. The zero-order valence-corrected chi connectivity index (χ0v) is 17.2. The van der Waals surface area contributed by atoms with Crippen LogP contribution < -0.4 is 10.1 Å². The van der Waals surface area contributed by atoms with Crippen LogP contribution in [0.4, 0.5) is 0 Å². The third-order valence-corrected chi connectivity index (χ3v) is 5.87. The molecule has 1 aromatic carbocycles. The quantitative estimate of drug-likeness (QED) is 0.604. The van der Waals surface area contributed by atoms with E-state index in [-0.39, 0.29) is 5.91 Å². The van der Waals surface area contributed by atoms with Crippen molar-refractivity contribution in [1.29, 1.82) is 0 Å². The number of ether oxygens (including phenoxy) is 1. The van der Waals surface area contributed by atoms with Crippen molar-refractivity contribution in [3.8, 4) is 5.75 Å². The molecule has 8 heteroatoms. The van der Waals surface area contributed by atoms with Crippen LogP contribution in [-0.2, 0) is 12.1 Å². The summed E-state index contributed by atoms with van der Waals surface area (Å²) in [6, 6.07) is 7.21. The van der Waals surface area contributed by atoms with Crippen molar-refractivity contribution in [2.45, 2.75) is 57.6 Å². The maximum absolute atomic E-state index is 13.1. The highest BCUT2D eigenvalue weighted by Gasteiger charge is 2.39. The van der Waals surface area contributed by atoms with E-state index >= 15 is 0 Å². The zero-order valence-electron chi connectivity index (χ0n) is 16.4. The molecule has 0 radical (unpaired) electrons. The minimum absolute atomic E-state index is 0.159. The maximum atomic E-state index is 13.1. The number of aromatic nitrogens is 3. The fraction of sp³-hybridized carbons (Fsp3) is 0.429. The molecule has 4 rings (SSSR count). The molecule has 1 N–H and O–H groups in total. The van der Waals surface area contributed by atoms with Gasteiger partial charge in [0.1, 0.15) is 17.9 Å². The Balaban J connectivity index is 1.52. The van der Waals surface area contributed by atoms with Gasteiger partial charge < -0.3 is 14.6 Å². The monoisotopic (exact) mass is 412 g/mol. The van der Waals surface area contributed by atoms with Crippen LogP contribution in [0.1, 0.15) is 66.3 Å². The van der Waals surface area contributed by atoms with Gasteiger partial charge in [0.25, 0.3) is 5.91 Å². The van der Waals surface area contributed by atoms with Gasteiger partial charge in [0.15, 0.2) is 5.82 Å². The number of nitrogens with zero attached hydrogens (tertiary/aromatic N) is 3. The maximum Gasteiger partial charge on any atom is 0.252 e. The average Bonchev–Trinajstić information content (AvgIpc) is 3.35. The van der Waals surface area contributed by atoms with Crippen LogP contribution in [0.5, 0.6) is 5.75 Å². The van der Waals surface area contributed by atoms with Gasteiger partial charge in [-0.25, -0.2) is 4.98 Å². The SMILES string of the molecule is Cc1nc(C2(NC(=O)c3cccc(OCc4cscn4)c3)CCCCCC2)no1. The molecule has 1 aliphatic carbocycles. The summed E-state index contributed by atoms with van der Waals surface area (Å²) in [5, 5.41) is 9.31. The van der Waals surface area contributed by atoms with Crippen LogP contribution in [0, 0.1) is 6.92 Å². The van der Waals surface area contributed by atoms with Crippen molar-refractivity contribution in [1.82, 2.24) is 20.4 Å². The summed E-state index contributed by atoms with van der Waals surface area (Å²) in [6.45, 7) is 2.15. The Bertz CT molecular complexity index is 947. The van der Waals surface area contributed by atoms with Gasteiger partial charge in [-0.15, -0.1) is 11.3 Å². The molecule has 1 amide bonds. The number of amides is 1. The molecular formula is C21H24N4O3S. The lowest BCUT2D eigenvalue weighted by atomic mass is 9.88. The summed E-state index contributed by atoms with van der Waals surface area (Å²) in [6.07, 6.45) is 5.94. The van der Waals surface area contributed by atoms with Crippen molar-refractivity contribution in [3.05, 3.63) is 58.1 Å². The first-order valence-corrected chi connectivity index (χ1v) is 10.8. The van der Waals surface area contributed by atoms with Crippen LogP contribution in [0.15, 0.2) is 39.7 Å². The van der Waals surface area contributed by atoms with E-state index in [1.54, 1.807) is 24.6 Å². The van der Waals surface area contributed by atoms with Crippen LogP contribution in [0.3, 0.4) is 0 Å². The molecule has 3 aromatic rings. The minimum atomic E-state index is -0.594. The first kappa shape index (κ1) is 19.6. The number of carbonyl (C=O) groups excluding carboxylic acids is 1. The number of thiazole rings is 1. The van der Waals surface area contributed by atoms with Gasteiger partial charge in [-0.1, -0.05) is 36.9 Å². The molecule has 0 bridgehead atoms. The van der Waals surface area contributed by atoms with Crippen molar-refractivity contribution in [2.75, 3.05) is 0 Å². The summed E-state index contributed by atoms with van der Waals surface area (Å²) in [5.74, 6) is 1.56. The van der Waals surface area contributed by atoms with E-state index in [1.807, 2.05) is 17.5 Å². The van der Waals surface area contributed by atoms with E-state index in [4.69, 9.17) is 9.26 Å². The van der Waals surface area contributed by atoms with E-state index in [2.05, 4.69) is 20.4 Å². The summed E-state index contributed by atoms with van der Waals surface area (Å²) in [4.78, 5) is 21.8. The number of aryl methyl sites for hydroxylation is 1. The topological polar surface area (TPSA) is 90.1 Å². The fourth-order valence-electron chi connectivity index (χ4n) is 3.71. The molecule has 7 nitrogen and oxygen atoms in total. The van der Waals surface area contributed by atoms with Gasteiger partial charge >= 0.3 is 0 Å². The van der Waals surface area contributed by atoms with Gasteiger partial charge in [0.2, 0.25) is 5.89 Å². The summed E-state index contributed by atoms with van der Waals surface area (Å²) >= 11 is 1.53. The second kappa shape index (κ2) is 8.73. The number of nitrogens with one attached hydrogen (secondary N) is 1. The Labute approximate surface area is 173 Å². The highest BCUT2D eigenvalue weighted by atomic mass is 32.1. The molecule has 29 heavy (non-hydrogen) atoms. The van der Waals surface area contributed by atoms with Gasteiger partial charge in [-0.2, -0.15) is 4.98 Å². The van der Waals surface area contributed by atoms with Crippen LogP contribution >= 0.6 is 11.3 Å². The highest BCUT2D eigenvalue weighted by Crippen LogP contribution is 2.35. The number of carbonyl (C=O) groups is 1. The van der Waals surface area contributed by atoms with E-state index in [1.165, 1.54) is 11.3 Å². The van der Waals surface area contributed by atoms with Crippen molar-refractivity contribution >= 4 is 17.2 Å². The van der Waals surface area contributed by atoms with E-state index < -0.39 is 5.54 Å². The van der Waals surface area contributed by atoms with E-state index in [0.717, 1.165) is 44.2 Å². The smallest absolute Gasteiger partial charge is 0.252 e. The van der Waals surface area contributed by atoms with Crippen molar-refractivity contribution in [3.63, 3.8) is 0 Å². The van der Waals surface area contributed by atoms with Crippen molar-refractivity contribution in [2.24, 2.45) is 0 Å². The van der Waals surface area contributed by atoms with Crippen LogP contribution in [0.25, 0.3) is 0 Å². The third-order valence-electron chi connectivity index (χ3n) is 5.23. The summed E-state index contributed by atoms with van der Waals surface area (Å²) in [7, 11) is 0. The molecule has 1 saturated carbocycles. The lowest BCUT2D eigenvalue weighted by Gasteiger charge is -2.30. The Morgan fingerprint density at radius 2 is 2.10 bits per heavy atom. The Kier molecular flexibility index (Phi) is 5.89. The highest BCUT2D eigenvalue weighted by molar-refractivity contribution is 7.07. The number of rotatable bonds is 6. The van der Waals surface area contributed by atoms with Gasteiger partial charge in [-0.05, 0) is 31.0 Å².